The van der Waals surface area contributed by atoms with E-state index in [0.29, 0.717) is 11.5 Å². The van der Waals surface area contributed by atoms with Gasteiger partial charge in [0.25, 0.3) is 5.91 Å². The number of nitrogens with zero attached hydrogens (tertiary/aromatic N) is 3. The van der Waals surface area contributed by atoms with Gasteiger partial charge in [-0.05, 0) is 12.1 Å². The molecule has 0 spiro atoms. The third kappa shape index (κ3) is 4.04. The number of hydrogen-bond acceptors (Lipinski definition) is 4. The van der Waals surface area contributed by atoms with Crippen LogP contribution in [-0.2, 0) is 4.79 Å². The first kappa shape index (κ1) is 16.9. The molecule has 23 heavy (non-hydrogen) atoms. The first-order valence-corrected chi connectivity index (χ1v) is 7.39. The van der Waals surface area contributed by atoms with Crippen molar-refractivity contribution in [1.82, 2.24) is 9.97 Å². The van der Waals surface area contributed by atoms with Crippen molar-refractivity contribution in [3.8, 4) is 0 Å². The Morgan fingerprint density at radius 3 is 2.48 bits per heavy atom. The van der Waals surface area contributed by atoms with Crippen LogP contribution in [-0.4, -0.2) is 33.5 Å². The summed E-state index contributed by atoms with van der Waals surface area (Å²) in [7, 11) is 0. The van der Waals surface area contributed by atoms with Crippen LogP contribution >= 0.6 is 11.6 Å². The van der Waals surface area contributed by atoms with E-state index in [4.69, 9.17) is 16.7 Å². The average Bonchev–Trinajstić information content (AvgIpc) is 2.53. The van der Waals surface area contributed by atoms with Crippen molar-refractivity contribution >= 4 is 29.2 Å². The van der Waals surface area contributed by atoms with Crippen LogP contribution in [0.5, 0.6) is 0 Å². The van der Waals surface area contributed by atoms with Crippen LogP contribution in [0, 0.1) is 0 Å². The number of carboxylic acid groups (broad SMARTS) is 1. The van der Waals surface area contributed by atoms with Gasteiger partial charge in [-0.25, -0.2) is 9.97 Å². The number of aromatic nitrogens is 2. The van der Waals surface area contributed by atoms with Gasteiger partial charge in [0, 0.05) is 11.6 Å². The van der Waals surface area contributed by atoms with Crippen LogP contribution in [0.3, 0.4) is 0 Å². The van der Waals surface area contributed by atoms with Gasteiger partial charge in [0.1, 0.15) is 12.4 Å². The highest BCUT2D eigenvalue weighted by molar-refractivity contribution is 6.34. The summed E-state index contributed by atoms with van der Waals surface area (Å²) in [5, 5.41) is 9.18. The predicted molar refractivity (Wildman–Crippen MR) is 86.9 cm³/mol. The molecule has 0 saturated heterocycles. The molecule has 7 heteroatoms. The lowest BCUT2D eigenvalue weighted by molar-refractivity contribution is -0.135. The minimum absolute atomic E-state index is 0.00419. The van der Waals surface area contributed by atoms with Crippen LogP contribution in [0.15, 0.2) is 36.5 Å². The molecule has 1 aromatic heterocycles. The van der Waals surface area contributed by atoms with Gasteiger partial charge in [-0.15, -0.1) is 0 Å². The van der Waals surface area contributed by atoms with Crippen molar-refractivity contribution in [2.45, 2.75) is 19.8 Å². The third-order valence-electron chi connectivity index (χ3n) is 3.09. The topological polar surface area (TPSA) is 83.4 Å². The van der Waals surface area contributed by atoms with Crippen molar-refractivity contribution in [3.63, 3.8) is 0 Å². The summed E-state index contributed by atoms with van der Waals surface area (Å²) in [6.45, 7) is 3.30. The van der Waals surface area contributed by atoms with E-state index >= 15 is 0 Å². The molecule has 1 heterocycles. The number of rotatable bonds is 5. The summed E-state index contributed by atoms with van der Waals surface area (Å²) < 4.78 is 0. The number of halogens is 1. The van der Waals surface area contributed by atoms with Crippen molar-refractivity contribution < 1.29 is 14.7 Å². The zero-order valence-electron chi connectivity index (χ0n) is 12.7. The Labute approximate surface area is 138 Å². The summed E-state index contributed by atoms with van der Waals surface area (Å²) in [4.78, 5) is 33.3. The van der Waals surface area contributed by atoms with Crippen LogP contribution in [0.1, 0.15) is 36.1 Å². The Kier molecular flexibility index (Phi) is 5.28. The largest absolute Gasteiger partial charge is 0.480 e. The summed E-state index contributed by atoms with van der Waals surface area (Å²) in [5.41, 5.74) is 0.455. The maximum absolute atomic E-state index is 12.8. The number of carbonyl (C=O) groups is 2. The molecule has 6 nitrogen and oxygen atoms in total. The summed E-state index contributed by atoms with van der Waals surface area (Å²) in [5.74, 6) is -1.21. The standard InChI is InChI=1S/C16H16ClN3O3/c1-10(2)15-18-8-12(17)14(19-15)16(23)20(9-13(21)22)11-6-4-3-5-7-11/h3-8,10H,9H2,1-2H3,(H,21,22). The molecular formula is C16H16ClN3O3. The van der Waals surface area contributed by atoms with Gasteiger partial charge in [-0.2, -0.15) is 0 Å². The average molecular weight is 334 g/mol. The van der Waals surface area contributed by atoms with E-state index in [1.165, 1.54) is 6.20 Å². The monoisotopic (exact) mass is 333 g/mol. The van der Waals surface area contributed by atoms with E-state index in [0.717, 1.165) is 4.90 Å². The summed E-state index contributed by atoms with van der Waals surface area (Å²) >= 11 is 6.04. The Morgan fingerprint density at radius 2 is 1.91 bits per heavy atom. The number of hydrogen-bond donors (Lipinski definition) is 1. The summed E-state index contributed by atoms with van der Waals surface area (Å²) in [6, 6.07) is 8.53. The number of carboxylic acids is 1. The minimum Gasteiger partial charge on any atom is -0.480 e. The molecule has 0 aliphatic heterocycles. The van der Waals surface area contributed by atoms with Gasteiger partial charge >= 0.3 is 5.97 Å². The van der Waals surface area contributed by atoms with Crippen molar-refractivity contribution in [1.29, 1.82) is 0 Å². The SMILES string of the molecule is CC(C)c1ncc(Cl)c(C(=O)N(CC(=O)O)c2ccccc2)n1. The molecule has 0 aliphatic carbocycles. The van der Waals surface area contributed by atoms with Gasteiger partial charge < -0.3 is 5.11 Å². The second-order valence-electron chi connectivity index (χ2n) is 5.20. The summed E-state index contributed by atoms with van der Waals surface area (Å²) in [6.07, 6.45) is 1.36. The van der Waals surface area contributed by atoms with Gasteiger partial charge in [0.2, 0.25) is 0 Å². The Hall–Kier alpha value is -2.47. The fourth-order valence-electron chi connectivity index (χ4n) is 1.96. The second-order valence-corrected chi connectivity index (χ2v) is 5.61. The molecule has 0 saturated carbocycles. The number of anilines is 1. The van der Waals surface area contributed by atoms with Crippen molar-refractivity contribution in [2.24, 2.45) is 0 Å². The first-order chi connectivity index (χ1) is 10.9. The zero-order chi connectivity index (χ0) is 17.0. The zero-order valence-corrected chi connectivity index (χ0v) is 13.5. The molecule has 0 radical (unpaired) electrons. The molecule has 0 aliphatic rings. The van der Waals surface area contributed by atoms with Gasteiger partial charge in [0.05, 0.1) is 11.2 Å². The van der Waals surface area contributed by atoms with Gasteiger partial charge in [-0.1, -0.05) is 43.6 Å². The molecular weight excluding hydrogens is 318 g/mol. The van der Waals surface area contributed by atoms with E-state index in [-0.39, 0.29) is 16.6 Å². The first-order valence-electron chi connectivity index (χ1n) is 7.01. The molecule has 2 aromatic rings. The van der Waals surface area contributed by atoms with Gasteiger partial charge in [0.15, 0.2) is 5.69 Å². The molecule has 120 valence electrons. The van der Waals surface area contributed by atoms with E-state index in [1.54, 1.807) is 30.3 Å². The Bertz CT molecular complexity index is 720. The number of carbonyl (C=O) groups excluding carboxylic acids is 1. The third-order valence-corrected chi connectivity index (χ3v) is 3.36. The molecule has 1 N–H and O–H groups in total. The normalized spacial score (nSPS) is 10.6. The lowest BCUT2D eigenvalue weighted by atomic mass is 10.2. The lowest BCUT2D eigenvalue weighted by Crippen LogP contribution is -2.36. The maximum atomic E-state index is 12.8. The molecule has 1 amide bonds. The number of benzene rings is 1. The molecule has 0 unspecified atom stereocenters. The molecule has 2 rings (SSSR count). The quantitative estimate of drug-likeness (QED) is 0.909. The van der Waals surface area contributed by atoms with Gasteiger partial charge in [-0.3, -0.25) is 14.5 Å². The fraction of sp³-hybridized carbons (Fsp3) is 0.250. The van der Waals surface area contributed by atoms with E-state index in [2.05, 4.69) is 9.97 Å². The minimum atomic E-state index is -1.13. The van der Waals surface area contributed by atoms with E-state index in [9.17, 15) is 9.59 Å². The smallest absolute Gasteiger partial charge is 0.323 e. The van der Waals surface area contributed by atoms with Crippen LogP contribution in [0.2, 0.25) is 5.02 Å². The highest BCUT2D eigenvalue weighted by Gasteiger charge is 2.24. The highest BCUT2D eigenvalue weighted by Crippen LogP contribution is 2.21. The Balaban J connectivity index is 2.45. The number of aliphatic carboxylic acids is 1. The van der Waals surface area contributed by atoms with Crippen LogP contribution < -0.4 is 4.90 Å². The predicted octanol–water partition coefficient (Wildman–Crippen LogP) is 2.98. The van der Waals surface area contributed by atoms with E-state index in [1.807, 2.05) is 13.8 Å². The van der Waals surface area contributed by atoms with Crippen molar-refractivity contribution in [3.05, 3.63) is 53.1 Å². The number of amides is 1. The molecule has 0 fully saturated rings. The molecule has 0 bridgehead atoms. The number of para-hydroxylation sites is 1. The van der Waals surface area contributed by atoms with Crippen molar-refractivity contribution in [2.75, 3.05) is 11.4 Å². The van der Waals surface area contributed by atoms with E-state index < -0.39 is 18.4 Å². The molecule has 1 aromatic carbocycles. The van der Waals surface area contributed by atoms with Crippen LogP contribution in [0.25, 0.3) is 0 Å². The lowest BCUT2D eigenvalue weighted by Gasteiger charge is -2.21. The molecule has 0 atom stereocenters. The highest BCUT2D eigenvalue weighted by atomic mass is 35.5. The second kappa shape index (κ2) is 7.19. The van der Waals surface area contributed by atoms with Crippen LogP contribution in [0.4, 0.5) is 5.69 Å². The fourth-order valence-corrected chi connectivity index (χ4v) is 2.13. The Morgan fingerprint density at radius 1 is 1.26 bits per heavy atom. The maximum Gasteiger partial charge on any atom is 0.323 e.